The van der Waals surface area contributed by atoms with E-state index in [0.29, 0.717) is 12.6 Å². The number of amides is 1. The van der Waals surface area contributed by atoms with Crippen molar-refractivity contribution in [3.63, 3.8) is 0 Å². The third kappa shape index (κ3) is 4.37. The lowest BCUT2D eigenvalue weighted by atomic mass is 9.91. The second kappa shape index (κ2) is 9.30. The Bertz CT molecular complexity index is 1420. The van der Waals surface area contributed by atoms with Gasteiger partial charge in [-0.25, -0.2) is 9.18 Å². The van der Waals surface area contributed by atoms with Gasteiger partial charge in [0.05, 0.1) is 18.4 Å². The second-order valence-corrected chi connectivity index (χ2v) is 10.5. The molecule has 0 radical (unpaired) electrons. The maximum Gasteiger partial charge on any atom is 0.415 e. The van der Waals surface area contributed by atoms with Crippen molar-refractivity contribution in [1.29, 1.82) is 0 Å². The number of carbonyl (C=O) groups excluding carboxylic acids is 1. The molecule has 2 saturated heterocycles. The number of ether oxygens (including phenoxy) is 1. The molecule has 7 heteroatoms. The maximum absolute atomic E-state index is 13.6. The van der Waals surface area contributed by atoms with Crippen molar-refractivity contribution in [2.24, 2.45) is 0 Å². The summed E-state index contributed by atoms with van der Waals surface area (Å²) in [6.45, 7) is 7.45. The molecule has 0 aliphatic carbocycles. The molecule has 2 aromatic carbocycles. The van der Waals surface area contributed by atoms with Gasteiger partial charge in [0.15, 0.2) is 0 Å². The number of carbonyl (C=O) groups is 1. The minimum atomic E-state index is -0.432. The van der Waals surface area contributed by atoms with E-state index in [1.54, 1.807) is 11.0 Å². The highest BCUT2D eigenvalue weighted by molar-refractivity contribution is 5.97. The predicted molar refractivity (Wildman–Crippen MR) is 143 cm³/mol. The molecule has 2 aliphatic rings. The third-order valence-corrected chi connectivity index (χ3v) is 7.70. The van der Waals surface area contributed by atoms with Gasteiger partial charge in [-0.15, -0.1) is 0 Å². The van der Waals surface area contributed by atoms with Gasteiger partial charge >= 0.3 is 6.09 Å². The largest absolute Gasteiger partial charge is 0.441 e. The zero-order valence-electron chi connectivity index (χ0n) is 21.2. The minimum absolute atomic E-state index is 0.254. The number of rotatable bonds is 5. The van der Waals surface area contributed by atoms with Gasteiger partial charge in [-0.05, 0) is 49.7 Å². The number of para-hydroxylation sites is 1. The number of pyridine rings is 1. The number of hydrogen-bond donors (Lipinski definition) is 0. The molecular weight excluding hydrogens is 467 g/mol. The van der Waals surface area contributed by atoms with Gasteiger partial charge in [0.2, 0.25) is 0 Å². The first-order valence-electron chi connectivity index (χ1n) is 12.9. The molecule has 6 nitrogen and oxygen atoms in total. The first-order chi connectivity index (χ1) is 17.9. The highest BCUT2D eigenvalue weighted by atomic mass is 19.1. The molecule has 0 saturated carbocycles. The van der Waals surface area contributed by atoms with Crippen LogP contribution in [-0.4, -0.2) is 45.8 Å². The molecule has 0 atom stereocenters. The van der Waals surface area contributed by atoms with Crippen LogP contribution in [0.5, 0.6) is 0 Å². The molecule has 1 amide bonds. The fraction of sp³-hybridized carbons (Fsp3) is 0.333. The Morgan fingerprint density at radius 3 is 2.51 bits per heavy atom. The zero-order valence-corrected chi connectivity index (χ0v) is 21.2. The lowest BCUT2D eigenvalue weighted by molar-refractivity contribution is -0.000890. The molecule has 6 rings (SSSR count). The minimum Gasteiger partial charge on any atom is -0.441 e. The average molecular weight is 499 g/mol. The van der Waals surface area contributed by atoms with E-state index in [0.717, 1.165) is 60.3 Å². The first kappa shape index (κ1) is 23.7. The molecule has 0 N–H and O–H groups in total. The van der Waals surface area contributed by atoms with E-state index in [-0.39, 0.29) is 11.9 Å². The Morgan fingerprint density at radius 2 is 1.81 bits per heavy atom. The highest BCUT2D eigenvalue weighted by Gasteiger charge is 2.47. The van der Waals surface area contributed by atoms with Crippen molar-refractivity contribution in [2.75, 3.05) is 24.5 Å². The molecule has 37 heavy (non-hydrogen) atoms. The van der Waals surface area contributed by atoms with E-state index >= 15 is 0 Å². The Kier molecular flexibility index (Phi) is 5.95. The number of anilines is 1. The summed E-state index contributed by atoms with van der Waals surface area (Å²) in [7, 11) is 0. The smallest absolute Gasteiger partial charge is 0.415 e. The van der Waals surface area contributed by atoms with Crippen LogP contribution in [-0.2, 0) is 11.3 Å². The molecule has 4 aromatic rings. The summed E-state index contributed by atoms with van der Waals surface area (Å²) < 4.78 is 21.8. The molecular formula is C30H31FN4O2. The molecule has 0 unspecified atom stereocenters. The van der Waals surface area contributed by atoms with Gasteiger partial charge in [0.1, 0.15) is 11.4 Å². The molecule has 2 aromatic heterocycles. The van der Waals surface area contributed by atoms with Crippen molar-refractivity contribution >= 4 is 22.7 Å². The van der Waals surface area contributed by atoms with E-state index in [2.05, 4.69) is 46.6 Å². The maximum atomic E-state index is 13.6. The van der Waals surface area contributed by atoms with Crippen LogP contribution < -0.4 is 4.90 Å². The quantitative estimate of drug-likeness (QED) is 0.319. The number of aromatic nitrogens is 2. The van der Waals surface area contributed by atoms with E-state index in [9.17, 15) is 9.18 Å². The molecule has 2 fully saturated rings. The van der Waals surface area contributed by atoms with Crippen molar-refractivity contribution in [3.05, 3.63) is 84.4 Å². The fourth-order valence-electron chi connectivity index (χ4n) is 5.74. The van der Waals surface area contributed by atoms with E-state index < -0.39 is 5.60 Å². The van der Waals surface area contributed by atoms with Gasteiger partial charge < -0.3 is 9.30 Å². The molecule has 2 aliphatic heterocycles. The van der Waals surface area contributed by atoms with Gasteiger partial charge in [0, 0.05) is 66.9 Å². The Balaban J connectivity index is 1.25. The number of likely N-dealkylation sites (tertiary alicyclic amines) is 1. The van der Waals surface area contributed by atoms with Crippen molar-refractivity contribution in [2.45, 2.75) is 44.9 Å². The normalized spacial score (nSPS) is 17.7. The van der Waals surface area contributed by atoms with Crippen LogP contribution in [0.25, 0.3) is 22.2 Å². The number of piperidine rings is 1. The number of fused-ring (bicyclic) bond motifs is 1. The summed E-state index contributed by atoms with van der Waals surface area (Å²) in [4.78, 5) is 21.3. The Morgan fingerprint density at radius 1 is 1.03 bits per heavy atom. The summed E-state index contributed by atoms with van der Waals surface area (Å²) >= 11 is 0. The summed E-state index contributed by atoms with van der Waals surface area (Å²) in [5, 5.41) is 1.16. The highest BCUT2D eigenvalue weighted by Crippen LogP contribution is 2.38. The standard InChI is InChI=1S/C30H31FN4O2/c1-21(2)34-19-22(28-25(9-6-10-27(28)34)26-12-11-23(31)17-32-26)18-33-15-13-30(14-16-33)20-35(29(36)37-30)24-7-4-3-5-8-24/h3-12,17,19,21H,13-16,18,20H2,1-2H3. The number of halogens is 1. The SMILES string of the molecule is CC(C)n1cc(CN2CCC3(CC2)CN(c2ccccc2)C(=O)O3)c2c(-c3ccc(F)cn3)cccc21. The van der Waals surface area contributed by atoms with Gasteiger partial charge in [0.25, 0.3) is 0 Å². The first-order valence-corrected chi connectivity index (χ1v) is 12.9. The van der Waals surface area contributed by atoms with Crippen molar-refractivity contribution in [3.8, 4) is 11.3 Å². The van der Waals surface area contributed by atoms with Crippen LogP contribution in [0.4, 0.5) is 14.9 Å². The molecule has 1 spiro atoms. The van der Waals surface area contributed by atoms with Crippen LogP contribution in [0.3, 0.4) is 0 Å². The van der Waals surface area contributed by atoms with Crippen LogP contribution in [0.2, 0.25) is 0 Å². The number of nitrogens with zero attached hydrogens (tertiary/aromatic N) is 4. The van der Waals surface area contributed by atoms with E-state index in [1.807, 2.05) is 36.4 Å². The average Bonchev–Trinajstić information content (AvgIpc) is 3.44. The van der Waals surface area contributed by atoms with Crippen LogP contribution >= 0.6 is 0 Å². The van der Waals surface area contributed by atoms with E-state index in [1.165, 1.54) is 17.8 Å². The zero-order chi connectivity index (χ0) is 25.6. The lowest BCUT2D eigenvalue weighted by Crippen LogP contribution is -2.46. The molecule has 4 heterocycles. The lowest BCUT2D eigenvalue weighted by Gasteiger charge is -2.37. The summed E-state index contributed by atoms with van der Waals surface area (Å²) in [6.07, 6.45) is 4.88. The summed E-state index contributed by atoms with van der Waals surface area (Å²) in [5.74, 6) is -0.336. The summed E-state index contributed by atoms with van der Waals surface area (Å²) in [6, 6.07) is 19.5. The second-order valence-electron chi connectivity index (χ2n) is 10.5. The third-order valence-electron chi connectivity index (χ3n) is 7.70. The van der Waals surface area contributed by atoms with Gasteiger partial charge in [-0.2, -0.15) is 0 Å². The van der Waals surface area contributed by atoms with E-state index in [4.69, 9.17) is 4.74 Å². The number of benzene rings is 2. The molecule has 190 valence electrons. The predicted octanol–water partition coefficient (Wildman–Crippen LogP) is 6.41. The summed E-state index contributed by atoms with van der Waals surface area (Å²) in [5.41, 5.74) is 4.63. The van der Waals surface area contributed by atoms with Crippen LogP contribution in [0.15, 0.2) is 73.1 Å². The topological polar surface area (TPSA) is 50.6 Å². The van der Waals surface area contributed by atoms with Crippen LogP contribution in [0.1, 0.15) is 38.3 Å². The fourth-order valence-corrected chi connectivity index (χ4v) is 5.74. The van der Waals surface area contributed by atoms with Gasteiger partial charge in [-0.1, -0.05) is 30.3 Å². The monoisotopic (exact) mass is 498 g/mol. The van der Waals surface area contributed by atoms with Crippen LogP contribution in [0, 0.1) is 5.82 Å². The molecule has 0 bridgehead atoms. The van der Waals surface area contributed by atoms with Crippen molar-refractivity contribution < 1.29 is 13.9 Å². The Labute approximate surface area is 216 Å². The van der Waals surface area contributed by atoms with Gasteiger partial charge in [-0.3, -0.25) is 14.8 Å². The number of hydrogen-bond acceptors (Lipinski definition) is 4. The van der Waals surface area contributed by atoms with Crippen molar-refractivity contribution in [1.82, 2.24) is 14.5 Å². The Hall–Kier alpha value is -3.71.